The van der Waals surface area contributed by atoms with E-state index in [2.05, 4.69) is 4.98 Å². The van der Waals surface area contributed by atoms with Crippen molar-refractivity contribution in [3.8, 4) is 17.0 Å². The SMILES string of the molecule is COc1ccc([N+](=O)[O-])nc1-c1c(Cl)cccc1Cl. The number of benzene rings is 1. The molecule has 0 aliphatic carbocycles. The number of aromatic nitrogens is 1. The molecule has 0 N–H and O–H groups in total. The molecular weight excluding hydrogens is 291 g/mol. The number of hydrogen-bond acceptors (Lipinski definition) is 4. The van der Waals surface area contributed by atoms with Gasteiger partial charge in [-0.15, -0.1) is 0 Å². The van der Waals surface area contributed by atoms with Crippen LogP contribution >= 0.6 is 23.2 Å². The van der Waals surface area contributed by atoms with Gasteiger partial charge >= 0.3 is 5.82 Å². The first-order valence-corrected chi connectivity index (χ1v) is 5.94. The molecule has 98 valence electrons. The molecule has 0 atom stereocenters. The van der Waals surface area contributed by atoms with Crippen LogP contribution in [0.4, 0.5) is 5.82 Å². The molecule has 0 unspecified atom stereocenters. The minimum absolute atomic E-state index is 0.243. The molecule has 1 aromatic heterocycles. The Bertz CT molecular complexity index is 627. The summed E-state index contributed by atoms with van der Waals surface area (Å²) in [4.78, 5) is 14.1. The van der Waals surface area contributed by atoms with Gasteiger partial charge in [-0.05, 0) is 28.1 Å². The van der Waals surface area contributed by atoms with Crippen molar-refractivity contribution < 1.29 is 9.66 Å². The summed E-state index contributed by atoms with van der Waals surface area (Å²) in [6.45, 7) is 0. The fourth-order valence-electron chi connectivity index (χ4n) is 1.61. The summed E-state index contributed by atoms with van der Waals surface area (Å²) in [5.74, 6) is 0.0624. The highest BCUT2D eigenvalue weighted by Gasteiger charge is 2.22. The molecule has 0 saturated carbocycles. The van der Waals surface area contributed by atoms with Crippen LogP contribution < -0.4 is 4.74 Å². The van der Waals surface area contributed by atoms with Gasteiger partial charge < -0.3 is 14.9 Å². The summed E-state index contributed by atoms with van der Waals surface area (Å²) in [5.41, 5.74) is 0.652. The van der Waals surface area contributed by atoms with Crippen LogP contribution in [0.25, 0.3) is 11.3 Å². The molecule has 19 heavy (non-hydrogen) atoms. The molecule has 1 aromatic carbocycles. The summed E-state index contributed by atoms with van der Waals surface area (Å²) in [6, 6.07) is 7.65. The van der Waals surface area contributed by atoms with E-state index in [9.17, 15) is 10.1 Å². The Labute approximate surface area is 118 Å². The van der Waals surface area contributed by atoms with E-state index in [0.717, 1.165) is 0 Å². The highest BCUT2D eigenvalue weighted by atomic mass is 35.5. The normalized spacial score (nSPS) is 10.3. The minimum atomic E-state index is -0.590. The van der Waals surface area contributed by atoms with Crippen LogP contribution in [-0.4, -0.2) is 17.0 Å². The Hall–Kier alpha value is -1.85. The van der Waals surface area contributed by atoms with Gasteiger partial charge in [0.25, 0.3) is 0 Å². The van der Waals surface area contributed by atoms with Crippen LogP contribution in [0.15, 0.2) is 30.3 Å². The number of ether oxygens (including phenoxy) is 1. The predicted molar refractivity (Wildman–Crippen MR) is 72.9 cm³/mol. The maximum absolute atomic E-state index is 10.8. The Balaban J connectivity index is 2.72. The van der Waals surface area contributed by atoms with Gasteiger partial charge in [0.15, 0.2) is 5.75 Å². The lowest BCUT2D eigenvalue weighted by Gasteiger charge is -2.07. The zero-order chi connectivity index (χ0) is 14.0. The summed E-state index contributed by atoms with van der Waals surface area (Å²) in [6.07, 6.45) is 0. The molecule has 0 amide bonds. The van der Waals surface area contributed by atoms with Crippen molar-refractivity contribution in [1.29, 1.82) is 0 Å². The fraction of sp³-hybridized carbons (Fsp3) is 0.0833. The maximum atomic E-state index is 10.8. The highest BCUT2D eigenvalue weighted by molar-refractivity contribution is 6.39. The van der Waals surface area contributed by atoms with Crippen molar-refractivity contribution in [3.63, 3.8) is 0 Å². The monoisotopic (exact) mass is 298 g/mol. The van der Waals surface area contributed by atoms with Crippen LogP contribution in [0.3, 0.4) is 0 Å². The van der Waals surface area contributed by atoms with E-state index in [1.165, 1.54) is 19.2 Å². The highest BCUT2D eigenvalue weighted by Crippen LogP contribution is 2.39. The smallest absolute Gasteiger partial charge is 0.364 e. The van der Waals surface area contributed by atoms with E-state index in [1.807, 2.05) is 0 Å². The van der Waals surface area contributed by atoms with Crippen LogP contribution in [0.2, 0.25) is 10.0 Å². The average molecular weight is 299 g/mol. The minimum Gasteiger partial charge on any atom is -0.492 e. The fourth-order valence-corrected chi connectivity index (χ4v) is 2.18. The first kappa shape index (κ1) is 13.6. The Morgan fingerprint density at radius 2 is 1.84 bits per heavy atom. The lowest BCUT2D eigenvalue weighted by atomic mass is 10.1. The quantitative estimate of drug-likeness (QED) is 0.635. The second-order valence-electron chi connectivity index (χ2n) is 3.57. The van der Waals surface area contributed by atoms with Gasteiger partial charge in [-0.1, -0.05) is 29.3 Å². The van der Waals surface area contributed by atoms with E-state index < -0.39 is 4.92 Å². The van der Waals surface area contributed by atoms with E-state index in [-0.39, 0.29) is 11.5 Å². The van der Waals surface area contributed by atoms with Crippen molar-refractivity contribution in [2.45, 2.75) is 0 Å². The third kappa shape index (κ3) is 2.62. The number of nitrogens with zero attached hydrogens (tertiary/aromatic N) is 2. The zero-order valence-electron chi connectivity index (χ0n) is 9.76. The molecule has 5 nitrogen and oxygen atoms in total. The second-order valence-corrected chi connectivity index (χ2v) is 4.39. The summed E-state index contributed by atoms with van der Waals surface area (Å²) < 4.78 is 5.14. The molecule has 1 heterocycles. The van der Waals surface area contributed by atoms with E-state index in [4.69, 9.17) is 27.9 Å². The van der Waals surface area contributed by atoms with Crippen LogP contribution in [-0.2, 0) is 0 Å². The number of rotatable bonds is 3. The van der Waals surface area contributed by atoms with Gasteiger partial charge in [0.2, 0.25) is 5.69 Å². The lowest BCUT2D eigenvalue weighted by molar-refractivity contribution is -0.389. The zero-order valence-corrected chi connectivity index (χ0v) is 11.3. The van der Waals surface area contributed by atoms with Gasteiger partial charge in [0.1, 0.15) is 0 Å². The molecule has 0 saturated heterocycles. The average Bonchev–Trinajstić information content (AvgIpc) is 2.38. The van der Waals surface area contributed by atoms with Gasteiger partial charge in [0.05, 0.1) is 22.7 Å². The third-order valence-corrected chi connectivity index (χ3v) is 3.08. The van der Waals surface area contributed by atoms with Crippen LogP contribution in [0.1, 0.15) is 0 Å². The van der Waals surface area contributed by atoms with Crippen molar-refractivity contribution in [2.24, 2.45) is 0 Å². The van der Waals surface area contributed by atoms with Crippen LogP contribution in [0, 0.1) is 10.1 Å². The maximum Gasteiger partial charge on any atom is 0.364 e. The number of nitro groups is 1. The van der Waals surface area contributed by atoms with E-state index >= 15 is 0 Å². The van der Waals surface area contributed by atoms with Crippen molar-refractivity contribution in [3.05, 3.63) is 50.5 Å². The molecule has 0 bridgehead atoms. The first-order chi connectivity index (χ1) is 9.04. The topological polar surface area (TPSA) is 65.3 Å². The third-order valence-electron chi connectivity index (χ3n) is 2.45. The van der Waals surface area contributed by atoms with Crippen molar-refractivity contribution in [1.82, 2.24) is 4.98 Å². The van der Waals surface area contributed by atoms with Crippen molar-refractivity contribution >= 4 is 29.0 Å². The van der Waals surface area contributed by atoms with Crippen LogP contribution in [0.5, 0.6) is 5.75 Å². The number of pyridine rings is 1. The standard InChI is InChI=1S/C12H8Cl2N2O3/c1-19-9-5-6-10(16(17)18)15-12(9)11-7(13)3-2-4-8(11)14/h2-6H,1H3. The molecule has 0 radical (unpaired) electrons. The molecule has 0 fully saturated rings. The Morgan fingerprint density at radius 3 is 2.37 bits per heavy atom. The molecule has 0 spiro atoms. The second kappa shape index (κ2) is 5.42. The number of hydrogen-bond donors (Lipinski definition) is 0. The largest absolute Gasteiger partial charge is 0.492 e. The first-order valence-electron chi connectivity index (χ1n) is 5.18. The van der Waals surface area contributed by atoms with E-state index in [1.54, 1.807) is 18.2 Å². The molecular formula is C12H8Cl2N2O3. The predicted octanol–water partition coefficient (Wildman–Crippen LogP) is 3.97. The number of halogens is 2. The Kier molecular flexibility index (Phi) is 3.87. The molecule has 0 aliphatic rings. The Morgan fingerprint density at radius 1 is 1.21 bits per heavy atom. The van der Waals surface area contributed by atoms with Gasteiger partial charge in [-0.3, -0.25) is 0 Å². The summed E-state index contributed by atoms with van der Waals surface area (Å²) in [7, 11) is 1.44. The molecule has 7 heteroatoms. The molecule has 0 aliphatic heterocycles. The van der Waals surface area contributed by atoms with Gasteiger partial charge in [-0.25, -0.2) is 0 Å². The summed E-state index contributed by atoms with van der Waals surface area (Å²) >= 11 is 12.2. The summed E-state index contributed by atoms with van der Waals surface area (Å²) in [5, 5.41) is 11.5. The molecule has 2 rings (SSSR count). The number of methoxy groups -OCH3 is 1. The lowest BCUT2D eigenvalue weighted by Crippen LogP contribution is -1.97. The molecule has 2 aromatic rings. The van der Waals surface area contributed by atoms with Gasteiger partial charge in [0, 0.05) is 6.07 Å². The van der Waals surface area contributed by atoms with Crippen molar-refractivity contribution in [2.75, 3.05) is 7.11 Å². The van der Waals surface area contributed by atoms with E-state index in [0.29, 0.717) is 21.4 Å². The van der Waals surface area contributed by atoms with Gasteiger partial charge in [-0.2, -0.15) is 0 Å².